The summed E-state index contributed by atoms with van der Waals surface area (Å²) in [5, 5.41) is 30.4. The quantitative estimate of drug-likeness (QED) is 0.412. The Labute approximate surface area is 180 Å². The van der Waals surface area contributed by atoms with Gasteiger partial charge in [-0.3, -0.25) is 4.79 Å². The van der Waals surface area contributed by atoms with E-state index in [0.29, 0.717) is 34.2 Å². The molecule has 0 aromatic carbocycles. The van der Waals surface area contributed by atoms with Crippen molar-refractivity contribution in [2.75, 3.05) is 19.4 Å². The molecule has 2 unspecified atom stereocenters. The molecule has 31 heavy (non-hydrogen) atoms. The lowest BCUT2D eigenvalue weighted by Crippen LogP contribution is -2.45. The predicted molar refractivity (Wildman–Crippen MR) is 111 cm³/mol. The first-order valence-corrected chi connectivity index (χ1v) is 10.8. The summed E-state index contributed by atoms with van der Waals surface area (Å²) in [6.07, 6.45) is 2.73. The lowest BCUT2D eigenvalue weighted by atomic mass is 9.93. The van der Waals surface area contributed by atoms with Gasteiger partial charge >= 0.3 is 0 Å². The fourth-order valence-electron chi connectivity index (χ4n) is 5.53. The highest BCUT2D eigenvalue weighted by atomic mass is 32.1. The summed E-state index contributed by atoms with van der Waals surface area (Å²) in [5.74, 6) is 6.21. The molecule has 0 radical (unpaired) electrons. The summed E-state index contributed by atoms with van der Waals surface area (Å²) in [6, 6.07) is -0.405. The van der Waals surface area contributed by atoms with Gasteiger partial charge in [-0.2, -0.15) is 0 Å². The summed E-state index contributed by atoms with van der Waals surface area (Å²) in [5.41, 5.74) is -1.18. The van der Waals surface area contributed by atoms with Crippen molar-refractivity contribution in [3.8, 4) is 11.8 Å². The standard InChI is InChI=1S/C20H19N7O3S/c1-21-15-13-16(26-10(25-15)3-4-11-23-5-6-31-11)27(8-24-13)14-12-9-7-19(9,18(29)22-2)17(28)20(12,14)30/h5-6,8-9,12,14,17,28,30H,7H2,1-2H3,(H,22,29)(H,21,25,26)/t9?,12-,14+,17+,19?,20+/m0/s1. The minimum absolute atomic E-state index is 0.0651. The summed E-state index contributed by atoms with van der Waals surface area (Å²) < 4.78 is 1.78. The molecule has 3 aromatic heterocycles. The number of carbonyl (C=O) groups excluding carboxylic acids is 1. The van der Waals surface area contributed by atoms with Gasteiger partial charge in [-0.05, 0) is 24.2 Å². The van der Waals surface area contributed by atoms with Gasteiger partial charge in [0.2, 0.25) is 11.7 Å². The van der Waals surface area contributed by atoms with Crippen LogP contribution in [0.15, 0.2) is 17.9 Å². The molecular formula is C20H19N7O3S. The Balaban J connectivity index is 1.40. The van der Waals surface area contributed by atoms with Crippen LogP contribution in [-0.4, -0.2) is 66.4 Å². The number of imidazole rings is 1. The number of rotatable bonds is 3. The topological polar surface area (TPSA) is 138 Å². The minimum Gasteiger partial charge on any atom is -0.389 e. The number of hydrogen-bond donors (Lipinski definition) is 4. The number of nitrogens with zero attached hydrogens (tertiary/aromatic N) is 5. The van der Waals surface area contributed by atoms with Crippen LogP contribution < -0.4 is 10.6 Å². The van der Waals surface area contributed by atoms with Crippen LogP contribution in [0.3, 0.4) is 0 Å². The molecule has 6 rings (SSSR count). The van der Waals surface area contributed by atoms with Crippen LogP contribution in [0.1, 0.15) is 23.3 Å². The largest absolute Gasteiger partial charge is 0.389 e. The molecule has 3 aliphatic rings. The van der Waals surface area contributed by atoms with E-state index < -0.39 is 23.2 Å². The van der Waals surface area contributed by atoms with Crippen LogP contribution in [0.2, 0.25) is 0 Å². The zero-order valence-electron chi connectivity index (χ0n) is 16.7. The van der Waals surface area contributed by atoms with Crippen LogP contribution in [0, 0.1) is 29.1 Å². The Morgan fingerprint density at radius 2 is 2.16 bits per heavy atom. The lowest BCUT2D eigenvalue weighted by Gasteiger charge is -2.25. The summed E-state index contributed by atoms with van der Waals surface area (Å²) >= 11 is 1.43. The number of amides is 1. The van der Waals surface area contributed by atoms with Gasteiger partial charge in [0.15, 0.2) is 22.0 Å². The van der Waals surface area contributed by atoms with Gasteiger partial charge in [0.05, 0.1) is 23.9 Å². The predicted octanol–water partition coefficient (Wildman–Crippen LogP) is -0.247. The first-order chi connectivity index (χ1) is 15.0. The second kappa shape index (κ2) is 6.00. The average Bonchev–Trinajstić information content (AvgIpc) is 3.41. The van der Waals surface area contributed by atoms with E-state index in [9.17, 15) is 15.0 Å². The molecule has 3 fully saturated rings. The van der Waals surface area contributed by atoms with Gasteiger partial charge in [-0.25, -0.2) is 19.9 Å². The number of fused-ring (bicyclic) bond motifs is 4. The fourth-order valence-corrected chi connectivity index (χ4v) is 6.01. The number of aliphatic hydroxyl groups excluding tert-OH is 1. The maximum Gasteiger partial charge on any atom is 0.229 e. The monoisotopic (exact) mass is 437 g/mol. The Morgan fingerprint density at radius 3 is 2.81 bits per heavy atom. The van der Waals surface area contributed by atoms with Crippen molar-refractivity contribution >= 4 is 34.2 Å². The number of anilines is 1. The first kappa shape index (κ1) is 18.7. The van der Waals surface area contributed by atoms with E-state index in [1.807, 2.05) is 5.38 Å². The minimum atomic E-state index is -1.37. The van der Waals surface area contributed by atoms with Crippen molar-refractivity contribution in [1.29, 1.82) is 0 Å². The van der Waals surface area contributed by atoms with E-state index >= 15 is 0 Å². The molecule has 11 heteroatoms. The number of thiazole rings is 1. The molecule has 3 aliphatic carbocycles. The SMILES string of the molecule is CNC(=O)C12CC1[C@H]1[C@@H](n3cnc4c(NC)nc(C#Cc5nccs5)nc43)[C@@]1(O)[C@@H]2O. The van der Waals surface area contributed by atoms with Crippen molar-refractivity contribution in [1.82, 2.24) is 29.8 Å². The van der Waals surface area contributed by atoms with E-state index in [1.165, 1.54) is 11.3 Å². The molecule has 158 valence electrons. The lowest BCUT2D eigenvalue weighted by molar-refractivity contribution is -0.134. The zero-order valence-corrected chi connectivity index (χ0v) is 17.5. The third kappa shape index (κ3) is 2.21. The summed E-state index contributed by atoms with van der Waals surface area (Å²) in [6.45, 7) is 0. The number of aliphatic hydroxyl groups is 2. The van der Waals surface area contributed by atoms with Crippen molar-refractivity contribution in [2.45, 2.75) is 24.2 Å². The number of carbonyl (C=O) groups is 1. The second-order valence-electron chi connectivity index (χ2n) is 8.25. The van der Waals surface area contributed by atoms with E-state index in [0.717, 1.165) is 0 Å². The molecule has 6 atom stereocenters. The maximum absolute atomic E-state index is 12.3. The van der Waals surface area contributed by atoms with Gasteiger partial charge in [0.25, 0.3) is 0 Å². The summed E-state index contributed by atoms with van der Waals surface area (Å²) in [7, 11) is 3.29. The highest BCUT2D eigenvalue weighted by Gasteiger charge is 2.91. The smallest absolute Gasteiger partial charge is 0.229 e. The third-order valence-electron chi connectivity index (χ3n) is 6.98. The molecule has 10 nitrogen and oxygen atoms in total. The van der Waals surface area contributed by atoms with Crippen LogP contribution >= 0.6 is 11.3 Å². The van der Waals surface area contributed by atoms with Crippen LogP contribution in [0.5, 0.6) is 0 Å². The van der Waals surface area contributed by atoms with E-state index in [-0.39, 0.29) is 17.7 Å². The van der Waals surface area contributed by atoms with Gasteiger partial charge in [0, 0.05) is 31.6 Å². The van der Waals surface area contributed by atoms with Gasteiger partial charge in [-0.15, -0.1) is 11.3 Å². The average molecular weight is 437 g/mol. The van der Waals surface area contributed by atoms with Crippen molar-refractivity contribution in [3.05, 3.63) is 28.7 Å². The Kier molecular flexibility index (Phi) is 3.62. The molecule has 0 spiro atoms. The van der Waals surface area contributed by atoms with Crippen molar-refractivity contribution in [3.63, 3.8) is 0 Å². The Bertz CT molecular complexity index is 1300. The number of aromatic nitrogens is 5. The zero-order chi connectivity index (χ0) is 21.5. The number of hydrogen-bond acceptors (Lipinski definition) is 9. The molecule has 0 saturated heterocycles. The highest BCUT2D eigenvalue weighted by molar-refractivity contribution is 7.10. The fraction of sp³-hybridized carbons (Fsp3) is 0.450. The Morgan fingerprint density at radius 1 is 1.32 bits per heavy atom. The van der Waals surface area contributed by atoms with Gasteiger partial charge in [-0.1, -0.05) is 0 Å². The molecule has 0 bridgehead atoms. The van der Waals surface area contributed by atoms with E-state index in [2.05, 4.69) is 42.4 Å². The van der Waals surface area contributed by atoms with E-state index in [1.54, 1.807) is 31.2 Å². The second-order valence-corrected chi connectivity index (χ2v) is 9.14. The molecule has 3 aromatic rings. The van der Waals surface area contributed by atoms with Crippen LogP contribution in [0.4, 0.5) is 5.82 Å². The molecule has 1 amide bonds. The van der Waals surface area contributed by atoms with Gasteiger partial charge < -0.3 is 25.4 Å². The molecule has 3 saturated carbocycles. The number of nitrogens with one attached hydrogen (secondary N) is 2. The first-order valence-electron chi connectivity index (χ1n) is 9.93. The van der Waals surface area contributed by atoms with Crippen molar-refractivity contribution < 1.29 is 15.0 Å². The highest BCUT2D eigenvalue weighted by Crippen LogP contribution is 2.82. The molecule has 4 N–H and O–H groups in total. The molecule has 3 heterocycles. The maximum atomic E-state index is 12.3. The normalized spacial score (nSPS) is 34.5. The van der Waals surface area contributed by atoms with Gasteiger partial charge in [0.1, 0.15) is 5.60 Å². The van der Waals surface area contributed by atoms with Crippen LogP contribution in [-0.2, 0) is 4.79 Å². The Hall–Kier alpha value is -3.07. The molecular weight excluding hydrogens is 418 g/mol. The molecule has 0 aliphatic heterocycles. The van der Waals surface area contributed by atoms with E-state index in [4.69, 9.17) is 0 Å². The third-order valence-corrected chi connectivity index (χ3v) is 7.67. The summed E-state index contributed by atoms with van der Waals surface area (Å²) in [4.78, 5) is 29.9. The van der Waals surface area contributed by atoms with Crippen molar-refractivity contribution in [2.24, 2.45) is 17.3 Å². The van der Waals surface area contributed by atoms with Crippen LogP contribution in [0.25, 0.3) is 11.2 Å².